The molecule has 0 atom stereocenters. The Morgan fingerprint density at radius 3 is 2.28 bits per heavy atom. The van der Waals surface area contributed by atoms with E-state index in [4.69, 9.17) is 4.42 Å². The Hall–Kier alpha value is -4.00. The molecular formula is C22H15N3O4. The number of nitrogens with zero attached hydrogens (tertiary/aromatic N) is 3. The molecule has 0 fully saturated rings. The summed E-state index contributed by atoms with van der Waals surface area (Å²) in [6, 6.07) is 16.2. The van der Waals surface area contributed by atoms with Crippen molar-refractivity contribution in [1.29, 1.82) is 0 Å². The first-order chi connectivity index (χ1) is 14.0. The first-order valence-electron chi connectivity index (χ1n) is 8.99. The van der Waals surface area contributed by atoms with E-state index in [1.54, 1.807) is 25.2 Å². The van der Waals surface area contributed by atoms with Crippen LogP contribution in [0.4, 0.5) is 0 Å². The van der Waals surface area contributed by atoms with Crippen LogP contribution in [-0.2, 0) is 14.1 Å². The Morgan fingerprint density at radius 2 is 1.52 bits per heavy atom. The molecular weight excluding hydrogens is 370 g/mol. The summed E-state index contributed by atoms with van der Waals surface area (Å²) in [7, 11) is 2.97. The van der Waals surface area contributed by atoms with Gasteiger partial charge in [-0.2, -0.15) is 0 Å². The maximum atomic E-state index is 13.1. The van der Waals surface area contributed by atoms with Crippen molar-refractivity contribution in [3.8, 4) is 11.1 Å². The zero-order valence-corrected chi connectivity index (χ0v) is 15.7. The highest BCUT2D eigenvalue weighted by Gasteiger charge is 2.22. The first-order valence-corrected chi connectivity index (χ1v) is 8.99. The highest BCUT2D eigenvalue weighted by molar-refractivity contribution is 6.14. The van der Waals surface area contributed by atoms with Crippen molar-refractivity contribution in [2.75, 3.05) is 0 Å². The normalized spacial score (nSPS) is 11.5. The minimum atomic E-state index is -0.581. The summed E-state index contributed by atoms with van der Waals surface area (Å²) >= 11 is 0. The van der Waals surface area contributed by atoms with Gasteiger partial charge >= 0.3 is 11.3 Å². The summed E-state index contributed by atoms with van der Waals surface area (Å²) in [5, 5.41) is 1.06. The van der Waals surface area contributed by atoms with Gasteiger partial charge in [0, 0.05) is 25.0 Å². The van der Waals surface area contributed by atoms with Crippen LogP contribution in [0.1, 0.15) is 0 Å². The second-order valence-electron chi connectivity index (χ2n) is 6.87. The lowest BCUT2D eigenvalue weighted by Gasteiger charge is -2.14. The molecule has 29 heavy (non-hydrogen) atoms. The van der Waals surface area contributed by atoms with Crippen LogP contribution >= 0.6 is 0 Å². The van der Waals surface area contributed by atoms with E-state index in [-0.39, 0.29) is 16.4 Å². The monoisotopic (exact) mass is 385 g/mol. The molecule has 0 saturated carbocycles. The summed E-state index contributed by atoms with van der Waals surface area (Å²) in [4.78, 5) is 43.2. The minimum absolute atomic E-state index is 0.205. The molecule has 0 N–H and O–H groups in total. The van der Waals surface area contributed by atoms with Crippen molar-refractivity contribution in [2.24, 2.45) is 14.1 Å². The fraction of sp³-hybridized carbons (Fsp3) is 0.0909. The van der Waals surface area contributed by atoms with E-state index >= 15 is 0 Å². The number of fused-ring (bicyclic) bond motifs is 4. The van der Waals surface area contributed by atoms with Crippen molar-refractivity contribution in [2.45, 2.75) is 0 Å². The number of rotatable bonds is 1. The minimum Gasteiger partial charge on any atom is -0.422 e. The van der Waals surface area contributed by atoms with Crippen LogP contribution in [0.3, 0.4) is 0 Å². The van der Waals surface area contributed by atoms with Gasteiger partial charge in [0.25, 0.3) is 5.56 Å². The topological polar surface area (TPSA) is 87.1 Å². The molecule has 2 aromatic carbocycles. The second-order valence-corrected chi connectivity index (χ2v) is 6.87. The maximum Gasteiger partial charge on any atom is 0.346 e. The summed E-state index contributed by atoms with van der Waals surface area (Å²) in [5.74, 6) is 0. The van der Waals surface area contributed by atoms with Gasteiger partial charge in [0.1, 0.15) is 5.58 Å². The molecule has 0 radical (unpaired) electrons. The van der Waals surface area contributed by atoms with Crippen LogP contribution in [0.15, 0.2) is 73.4 Å². The summed E-state index contributed by atoms with van der Waals surface area (Å²) in [6.45, 7) is 0. The fourth-order valence-electron chi connectivity index (χ4n) is 3.78. The lowest BCUT2D eigenvalue weighted by atomic mass is 9.98. The van der Waals surface area contributed by atoms with E-state index < -0.39 is 16.9 Å². The van der Waals surface area contributed by atoms with Gasteiger partial charge in [-0.05, 0) is 17.7 Å². The van der Waals surface area contributed by atoms with E-state index in [9.17, 15) is 14.4 Å². The number of aryl methyl sites for hydroxylation is 1. The highest BCUT2D eigenvalue weighted by atomic mass is 16.4. The van der Waals surface area contributed by atoms with Crippen molar-refractivity contribution < 1.29 is 4.42 Å². The van der Waals surface area contributed by atoms with Crippen LogP contribution < -0.4 is 16.9 Å². The molecule has 0 unspecified atom stereocenters. The van der Waals surface area contributed by atoms with Gasteiger partial charge in [0.05, 0.1) is 16.3 Å². The summed E-state index contributed by atoms with van der Waals surface area (Å²) in [6.07, 6.45) is 0. The molecule has 0 aliphatic rings. The third-order valence-corrected chi connectivity index (χ3v) is 5.20. The molecule has 7 nitrogen and oxygen atoms in total. The van der Waals surface area contributed by atoms with Crippen LogP contribution in [0.25, 0.3) is 44.0 Å². The third kappa shape index (κ3) is 2.30. The van der Waals surface area contributed by atoms with E-state index in [2.05, 4.69) is 4.98 Å². The molecule has 5 aromatic rings. The van der Waals surface area contributed by atoms with Crippen molar-refractivity contribution in [3.05, 3.63) is 85.9 Å². The number of hydrogen-bond acceptors (Lipinski definition) is 5. The van der Waals surface area contributed by atoms with E-state index in [1.165, 1.54) is 11.6 Å². The van der Waals surface area contributed by atoms with Crippen LogP contribution in [0.5, 0.6) is 0 Å². The Bertz CT molecular complexity index is 1630. The fourth-order valence-corrected chi connectivity index (χ4v) is 3.78. The van der Waals surface area contributed by atoms with E-state index in [0.29, 0.717) is 27.6 Å². The Morgan fingerprint density at radius 1 is 0.828 bits per heavy atom. The van der Waals surface area contributed by atoms with Gasteiger partial charge in [-0.3, -0.25) is 13.9 Å². The van der Waals surface area contributed by atoms with E-state index in [1.807, 2.05) is 36.4 Å². The van der Waals surface area contributed by atoms with Crippen LogP contribution in [0.2, 0.25) is 0 Å². The van der Waals surface area contributed by atoms with Crippen LogP contribution in [-0.4, -0.2) is 14.1 Å². The molecule has 0 bridgehead atoms. The Labute approximate surface area is 163 Å². The van der Waals surface area contributed by atoms with Crippen LogP contribution in [0, 0.1) is 0 Å². The maximum absolute atomic E-state index is 13.1. The molecule has 0 amide bonds. The zero-order valence-electron chi connectivity index (χ0n) is 15.7. The molecule has 7 heteroatoms. The molecule has 3 heterocycles. The Balaban J connectivity index is 2.22. The number of benzene rings is 2. The lowest BCUT2D eigenvalue weighted by Crippen LogP contribution is -2.37. The summed E-state index contributed by atoms with van der Waals surface area (Å²) in [5.41, 5.74) is 0.522. The van der Waals surface area contributed by atoms with Gasteiger partial charge in [0.15, 0.2) is 5.65 Å². The van der Waals surface area contributed by atoms with Crippen molar-refractivity contribution in [3.63, 3.8) is 0 Å². The molecule has 0 saturated heterocycles. The molecule has 5 rings (SSSR count). The smallest absolute Gasteiger partial charge is 0.346 e. The number of hydrogen-bond donors (Lipinski definition) is 0. The van der Waals surface area contributed by atoms with Gasteiger partial charge in [-0.25, -0.2) is 14.6 Å². The molecule has 0 aliphatic carbocycles. The predicted octanol–water partition coefficient (Wildman–Crippen LogP) is 2.56. The average Bonchev–Trinajstić information content (AvgIpc) is 2.75. The highest BCUT2D eigenvalue weighted by Crippen LogP contribution is 2.33. The molecule has 0 spiro atoms. The summed E-state index contributed by atoms with van der Waals surface area (Å²) < 4.78 is 7.88. The lowest BCUT2D eigenvalue weighted by molar-refractivity contribution is 0.569. The quantitative estimate of drug-likeness (QED) is 0.251. The van der Waals surface area contributed by atoms with Gasteiger partial charge in [0.2, 0.25) is 0 Å². The van der Waals surface area contributed by atoms with Gasteiger partial charge in [-0.15, -0.1) is 0 Å². The molecule has 3 aromatic heterocycles. The third-order valence-electron chi connectivity index (χ3n) is 5.20. The average molecular weight is 385 g/mol. The number of aromatic nitrogens is 3. The predicted molar refractivity (Wildman–Crippen MR) is 111 cm³/mol. The molecule has 142 valence electrons. The number of para-hydroxylation sites is 1. The molecule has 0 aliphatic heterocycles. The SMILES string of the molecule is Cn1c(=O)c2c(-c3ccccc3)c3c(=O)oc4ccccc4c3nc2n(C)c1=O. The zero-order chi connectivity index (χ0) is 20.3. The first kappa shape index (κ1) is 17.1. The second kappa shape index (κ2) is 6.00. The number of pyridine rings is 1. The largest absolute Gasteiger partial charge is 0.422 e. The van der Waals surface area contributed by atoms with Crippen molar-refractivity contribution >= 4 is 32.9 Å². The standard InChI is InChI=1S/C22H15N3O4/c1-24-19-17(20(26)25(2)22(24)28)15(12-8-4-3-5-9-12)16-18(23-19)13-10-6-7-11-14(13)29-21(16)27/h3-11H,1-2H3. The van der Waals surface area contributed by atoms with Crippen molar-refractivity contribution in [1.82, 2.24) is 14.1 Å². The van der Waals surface area contributed by atoms with Gasteiger partial charge in [-0.1, -0.05) is 42.5 Å². The van der Waals surface area contributed by atoms with Gasteiger partial charge < -0.3 is 4.42 Å². The van der Waals surface area contributed by atoms with E-state index in [0.717, 1.165) is 4.57 Å². The Kier molecular flexibility index (Phi) is 3.54.